The molecule has 0 aromatic carbocycles. The summed E-state index contributed by atoms with van der Waals surface area (Å²) in [5, 5.41) is 8.50. The summed E-state index contributed by atoms with van der Waals surface area (Å²) >= 11 is 0. The minimum absolute atomic E-state index is 0.282. The lowest BCUT2D eigenvalue weighted by Gasteiger charge is -1.89. The molecule has 0 atom stereocenters. The second-order valence-corrected chi connectivity index (χ2v) is 2.95. The highest BCUT2D eigenvalue weighted by molar-refractivity contribution is 4.98. The van der Waals surface area contributed by atoms with Crippen LogP contribution in [0.2, 0.25) is 0 Å². The Kier molecular flexibility index (Phi) is 10.3. The van der Waals surface area contributed by atoms with Crippen molar-refractivity contribution in [1.29, 1.82) is 0 Å². The lowest BCUT2D eigenvalue weighted by atomic mass is 10.2. The summed E-state index contributed by atoms with van der Waals surface area (Å²) in [6.45, 7) is 0.282. The molecule has 0 aliphatic carbocycles. The van der Waals surface area contributed by atoms with Crippen LogP contribution >= 0.6 is 0 Å². The Morgan fingerprint density at radius 3 is 1.92 bits per heavy atom. The molecule has 1 N–H and O–H groups in total. The molecule has 0 spiro atoms. The van der Waals surface area contributed by atoms with Crippen LogP contribution < -0.4 is 0 Å². The Morgan fingerprint density at radius 1 is 0.846 bits per heavy atom. The Labute approximate surface area is 81.5 Å². The van der Waals surface area contributed by atoms with Gasteiger partial charge in [0, 0.05) is 25.9 Å². The lowest BCUT2D eigenvalue weighted by molar-refractivity contribution is 0.285. The third-order valence-corrected chi connectivity index (χ3v) is 1.71. The van der Waals surface area contributed by atoms with Gasteiger partial charge in [-0.05, 0) is 25.7 Å². The molecule has 0 aliphatic heterocycles. The third kappa shape index (κ3) is 11.1. The number of unbranched alkanes of at least 4 members (excludes halogenated alkanes) is 5. The van der Waals surface area contributed by atoms with E-state index < -0.39 is 0 Å². The molecule has 1 nitrogen and oxygen atoms in total. The molecule has 0 saturated heterocycles. The smallest absolute Gasteiger partial charge is 0.0431 e. The molecule has 0 unspecified atom stereocenters. The van der Waals surface area contributed by atoms with Gasteiger partial charge < -0.3 is 5.11 Å². The van der Waals surface area contributed by atoms with E-state index in [2.05, 4.69) is 17.8 Å². The zero-order valence-corrected chi connectivity index (χ0v) is 8.18. The molecule has 72 valence electrons. The topological polar surface area (TPSA) is 20.2 Å². The number of rotatable bonds is 6. The van der Waals surface area contributed by atoms with Crippen LogP contribution in [0.3, 0.4) is 0 Å². The van der Waals surface area contributed by atoms with Crippen molar-refractivity contribution in [2.24, 2.45) is 0 Å². The van der Waals surface area contributed by atoms with Gasteiger partial charge in [-0.2, -0.15) is 0 Å². The lowest BCUT2D eigenvalue weighted by Crippen LogP contribution is -1.80. The van der Waals surface area contributed by atoms with Gasteiger partial charge in [0.1, 0.15) is 0 Å². The fourth-order valence-corrected chi connectivity index (χ4v) is 0.942. The van der Waals surface area contributed by atoms with Crippen molar-refractivity contribution in [3.63, 3.8) is 0 Å². The van der Waals surface area contributed by atoms with E-state index in [1.54, 1.807) is 0 Å². The van der Waals surface area contributed by atoms with Crippen molar-refractivity contribution in [1.82, 2.24) is 0 Å². The molecule has 1 heteroatoms. The molecule has 0 fully saturated rings. The second-order valence-electron chi connectivity index (χ2n) is 2.95. The Hall–Kier alpha value is -0.920. The van der Waals surface area contributed by atoms with Crippen LogP contribution in [0.25, 0.3) is 0 Å². The highest BCUT2D eigenvalue weighted by Gasteiger charge is 1.83. The van der Waals surface area contributed by atoms with Gasteiger partial charge in [-0.25, -0.2) is 0 Å². The first-order chi connectivity index (χ1) is 6.41. The van der Waals surface area contributed by atoms with Gasteiger partial charge in [0.25, 0.3) is 0 Å². The van der Waals surface area contributed by atoms with Gasteiger partial charge in [0.15, 0.2) is 0 Å². The van der Waals surface area contributed by atoms with Crippen LogP contribution in [-0.2, 0) is 0 Å². The quantitative estimate of drug-likeness (QED) is 0.489. The average Bonchev–Trinajstić information content (AvgIpc) is 2.16. The number of hydrogen-bond acceptors (Lipinski definition) is 1. The highest BCUT2D eigenvalue weighted by Crippen LogP contribution is 1.97. The maximum Gasteiger partial charge on any atom is 0.0431 e. The number of hydrogen-bond donors (Lipinski definition) is 1. The molecule has 0 aliphatic rings. The van der Waals surface area contributed by atoms with Gasteiger partial charge in [-0.3, -0.25) is 0 Å². The Balaban J connectivity index is 3.07. The molecule has 0 saturated carbocycles. The third-order valence-electron chi connectivity index (χ3n) is 1.71. The first-order valence-electron chi connectivity index (χ1n) is 4.92. The minimum Gasteiger partial charge on any atom is -0.396 e. The van der Waals surface area contributed by atoms with E-state index in [4.69, 9.17) is 11.5 Å². The summed E-state index contributed by atoms with van der Waals surface area (Å²) in [5.41, 5.74) is 0. The molecular weight excluding hydrogens is 160 g/mol. The first kappa shape index (κ1) is 12.1. The van der Waals surface area contributed by atoms with Gasteiger partial charge >= 0.3 is 0 Å². The molecule has 0 aromatic rings. The average molecular weight is 178 g/mol. The van der Waals surface area contributed by atoms with E-state index >= 15 is 0 Å². The van der Waals surface area contributed by atoms with E-state index in [1.807, 2.05) is 0 Å². The van der Waals surface area contributed by atoms with E-state index in [9.17, 15) is 0 Å². The van der Waals surface area contributed by atoms with E-state index in [0.717, 1.165) is 44.9 Å². The van der Waals surface area contributed by atoms with E-state index in [0.29, 0.717) is 0 Å². The molecule has 0 heterocycles. The molecule has 0 aromatic heterocycles. The minimum atomic E-state index is 0.282. The van der Waals surface area contributed by atoms with Crippen molar-refractivity contribution in [3.05, 3.63) is 0 Å². The van der Waals surface area contributed by atoms with Gasteiger partial charge in [0.2, 0.25) is 0 Å². The van der Waals surface area contributed by atoms with Crippen LogP contribution in [0.15, 0.2) is 0 Å². The van der Waals surface area contributed by atoms with Crippen molar-refractivity contribution >= 4 is 0 Å². The fourth-order valence-electron chi connectivity index (χ4n) is 0.942. The fraction of sp³-hybridized carbons (Fsp3) is 0.667. The van der Waals surface area contributed by atoms with Crippen LogP contribution in [0, 0.1) is 24.2 Å². The summed E-state index contributed by atoms with van der Waals surface area (Å²) in [6.07, 6.45) is 11.9. The standard InChI is InChI=1S/C12H18O/c1-2-3-4-5-6-7-8-9-10-11-12-13/h1,13H,3-6,9-12H2. The maximum absolute atomic E-state index is 8.50. The van der Waals surface area contributed by atoms with E-state index in [1.165, 1.54) is 0 Å². The van der Waals surface area contributed by atoms with Crippen molar-refractivity contribution in [2.45, 2.75) is 44.9 Å². The Morgan fingerprint density at radius 2 is 1.38 bits per heavy atom. The number of aliphatic hydroxyl groups excluding tert-OH is 1. The molecule has 0 rings (SSSR count). The zero-order valence-electron chi connectivity index (χ0n) is 8.18. The molecule has 0 radical (unpaired) electrons. The van der Waals surface area contributed by atoms with Crippen molar-refractivity contribution in [3.8, 4) is 24.2 Å². The highest BCUT2D eigenvalue weighted by atomic mass is 16.2. The molecule has 0 bridgehead atoms. The predicted molar refractivity (Wildman–Crippen MR) is 56.0 cm³/mol. The predicted octanol–water partition coefficient (Wildman–Crippen LogP) is 2.35. The van der Waals surface area contributed by atoms with Gasteiger partial charge in [-0.15, -0.1) is 24.2 Å². The molecular formula is C12H18O. The summed E-state index contributed by atoms with van der Waals surface area (Å²) in [5.74, 6) is 8.80. The SMILES string of the molecule is C#CCCCCC#CCCCCO. The first-order valence-corrected chi connectivity index (χ1v) is 4.92. The van der Waals surface area contributed by atoms with Gasteiger partial charge in [0.05, 0.1) is 0 Å². The van der Waals surface area contributed by atoms with Crippen LogP contribution in [0.5, 0.6) is 0 Å². The summed E-state index contributed by atoms with van der Waals surface area (Å²) in [6, 6.07) is 0. The number of aliphatic hydroxyl groups is 1. The monoisotopic (exact) mass is 178 g/mol. The summed E-state index contributed by atoms with van der Waals surface area (Å²) in [4.78, 5) is 0. The number of terminal acetylenes is 1. The normalized spacial score (nSPS) is 8.62. The van der Waals surface area contributed by atoms with E-state index in [-0.39, 0.29) is 6.61 Å². The maximum atomic E-state index is 8.50. The summed E-state index contributed by atoms with van der Waals surface area (Å²) in [7, 11) is 0. The molecule has 0 amide bonds. The van der Waals surface area contributed by atoms with Crippen molar-refractivity contribution < 1.29 is 5.11 Å². The Bertz CT molecular complexity index is 189. The largest absolute Gasteiger partial charge is 0.396 e. The van der Waals surface area contributed by atoms with Crippen LogP contribution in [0.1, 0.15) is 44.9 Å². The molecule has 13 heavy (non-hydrogen) atoms. The van der Waals surface area contributed by atoms with Crippen molar-refractivity contribution in [2.75, 3.05) is 6.61 Å². The zero-order chi connectivity index (χ0) is 9.78. The van der Waals surface area contributed by atoms with Crippen LogP contribution in [0.4, 0.5) is 0 Å². The van der Waals surface area contributed by atoms with Gasteiger partial charge in [-0.1, -0.05) is 0 Å². The second kappa shape index (κ2) is 11.1. The van der Waals surface area contributed by atoms with Crippen LogP contribution in [-0.4, -0.2) is 11.7 Å². The summed E-state index contributed by atoms with van der Waals surface area (Å²) < 4.78 is 0.